The number of ether oxygens (including phenoxy) is 1. The Balaban J connectivity index is 1.83. The van der Waals surface area contributed by atoms with Gasteiger partial charge in [-0.1, -0.05) is 56.3 Å². The lowest BCUT2D eigenvalue weighted by molar-refractivity contribution is -0.130. The van der Waals surface area contributed by atoms with Crippen LogP contribution in [-0.4, -0.2) is 54.0 Å². The summed E-state index contributed by atoms with van der Waals surface area (Å²) < 4.78 is 10.4. The monoisotopic (exact) mass is 549 g/mol. The van der Waals surface area contributed by atoms with Crippen LogP contribution in [-0.2, 0) is 22.4 Å². The fourth-order valence-electron chi connectivity index (χ4n) is 4.25. The van der Waals surface area contributed by atoms with E-state index in [1.54, 1.807) is 30.3 Å². The molecule has 0 aliphatic heterocycles. The summed E-state index contributed by atoms with van der Waals surface area (Å²) in [4.78, 5) is 51.5. The maximum atomic E-state index is 13.6. The molecule has 0 aliphatic carbocycles. The first-order valence-electron chi connectivity index (χ1n) is 13.0. The van der Waals surface area contributed by atoms with Crippen LogP contribution in [0, 0.1) is 5.92 Å². The van der Waals surface area contributed by atoms with Crippen LogP contribution < -0.4 is 20.7 Å². The molecule has 3 rings (SSSR count). The van der Waals surface area contributed by atoms with Crippen LogP contribution in [0.3, 0.4) is 0 Å². The van der Waals surface area contributed by atoms with Crippen molar-refractivity contribution < 1.29 is 33.4 Å². The van der Waals surface area contributed by atoms with Gasteiger partial charge in [-0.2, -0.15) is 0 Å². The Morgan fingerprint density at radius 1 is 0.775 bits per heavy atom. The van der Waals surface area contributed by atoms with E-state index in [4.69, 9.17) is 9.15 Å². The van der Waals surface area contributed by atoms with Crippen LogP contribution in [0.4, 0.5) is 4.79 Å². The van der Waals surface area contributed by atoms with Crippen molar-refractivity contribution >= 4 is 23.7 Å². The summed E-state index contributed by atoms with van der Waals surface area (Å²) in [7, 11) is 1.53. The Morgan fingerprint density at radius 3 is 1.88 bits per heavy atom. The molecule has 0 spiro atoms. The second kappa shape index (κ2) is 14.5. The first kappa shape index (κ1) is 29.9. The van der Waals surface area contributed by atoms with Crippen LogP contribution in [0.15, 0.2) is 77.4 Å². The number of nitrogens with one attached hydrogen (secondary N) is 3. The molecular formula is C30H35N3O7. The Bertz CT molecular complexity index is 1260. The summed E-state index contributed by atoms with van der Waals surface area (Å²) in [5.41, 5.74) is 1.47. The maximum absolute atomic E-state index is 13.6. The van der Waals surface area contributed by atoms with Crippen LogP contribution in [0.1, 0.15) is 41.9 Å². The van der Waals surface area contributed by atoms with Gasteiger partial charge in [-0.3, -0.25) is 14.4 Å². The Morgan fingerprint density at radius 2 is 1.35 bits per heavy atom. The van der Waals surface area contributed by atoms with E-state index in [1.807, 2.05) is 44.2 Å². The van der Waals surface area contributed by atoms with E-state index >= 15 is 0 Å². The minimum Gasteiger partial charge on any atom is -0.497 e. The lowest BCUT2D eigenvalue weighted by Gasteiger charge is -2.25. The zero-order valence-corrected chi connectivity index (χ0v) is 22.8. The number of Topliss-reactive ketones (excluding diaryl/α,β-unsaturated/α-hetero) is 1. The first-order valence-corrected chi connectivity index (χ1v) is 13.0. The number of rotatable bonds is 14. The molecule has 1 aromatic heterocycles. The van der Waals surface area contributed by atoms with Gasteiger partial charge < -0.3 is 30.2 Å². The van der Waals surface area contributed by atoms with Crippen molar-refractivity contribution in [1.29, 1.82) is 0 Å². The van der Waals surface area contributed by atoms with Crippen molar-refractivity contribution in [3.63, 3.8) is 0 Å². The number of benzene rings is 2. The van der Waals surface area contributed by atoms with Gasteiger partial charge in [0.25, 0.3) is 0 Å². The molecular weight excluding hydrogens is 514 g/mol. The molecule has 3 amide bonds. The second-order valence-corrected chi connectivity index (χ2v) is 9.84. The zero-order valence-electron chi connectivity index (χ0n) is 22.8. The lowest BCUT2D eigenvalue weighted by Crippen LogP contribution is -2.56. The molecule has 0 aliphatic rings. The number of ketones is 1. The highest BCUT2D eigenvalue weighted by Gasteiger charge is 2.31. The van der Waals surface area contributed by atoms with E-state index in [9.17, 15) is 24.3 Å². The molecule has 0 bridgehead atoms. The highest BCUT2D eigenvalue weighted by atomic mass is 16.5. The standard InChI is InChI=1S/C30H35N3O7/c1-19(2)16-23(27(34)26-10-7-15-40-26)31-28(35)24(17-20-8-5-4-6-9-20)32-29(36)25(33-30(37)38)18-21-11-13-22(39-3)14-12-21/h4-15,19,23-25,33H,16-18H2,1-3H3,(H,31,35)(H,32,36)(H,37,38)/t23-,24-,25-/m0/s1. The zero-order chi connectivity index (χ0) is 29.1. The SMILES string of the molecule is COc1ccc(C[C@H](NC(=O)O)C(=O)N[C@@H](Cc2ccccc2)C(=O)N[C@@H](CC(C)C)C(=O)c2ccco2)cc1. The van der Waals surface area contributed by atoms with Gasteiger partial charge in [0.2, 0.25) is 17.6 Å². The number of carboxylic acid groups (broad SMARTS) is 1. The van der Waals surface area contributed by atoms with Crippen LogP contribution >= 0.6 is 0 Å². The molecule has 4 N–H and O–H groups in total. The molecule has 0 saturated carbocycles. The number of carbonyl (C=O) groups is 4. The molecule has 212 valence electrons. The minimum atomic E-state index is -1.38. The number of hydrogen-bond acceptors (Lipinski definition) is 6. The van der Waals surface area contributed by atoms with Gasteiger partial charge in [0.1, 0.15) is 17.8 Å². The van der Waals surface area contributed by atoms with Gasteiger partial charge in [0.15, 0.2) is 5.76 Å². The van der Waals surface area contributed by atoms with Crippen molar-refractivity contribution in [1.82, 2.24) is 16.0 Å². The van der Waals surface area contributed by atoms with Gasteiger partial charge in [-0.05, 0) is 47.7 Å². The number of hydrogen-bond donors (Lipinski definition) is 4. The second-order valence-electron chi connectivity index (χ2n) is 9.84. The quantitative estimate of drug-likeness (QED) is 0.225. The highest BCUT2D eigenvalue weighted by Crippen LogP contribution is 2.15. The maximum Gasteiger partial charge on any atom is 0.405 e. The third-order valence-electron chi connectivity index (χ3n) is 6.23. The molecule has 0 unspecified atom stereocenters. The van der Waals surface area contributed by atoms with Crippen LogP contribution in [0.2, 0.25) is 0 Å². The molecule has 2 aromatic carbocycles. The summed E-state index contributed by atoms with van der Waals surface area (Å²) in [6, 6.07) is 16.0. The molecule has 0 saturated heterocycles. The summed E-state index contributed by atoms with van der Waals surface area (Å²) in [6.07, 6.45) is 0.550. The van der Waals surface area contributed by atoms with Gasteiger partial charge >= 0.3 is 6.09 Å². The summed E-state index contributed by atoms with van der Waals surface area (Å²) in [5, 5.41) is 17.1. The Hall–Kier alpha value is -4.60. The Kier molecular flexibility index (Phi) is 10.9. The number of carbonyl (C=O) groups excluding carboxylic acids is 3. The predicted octanol–water partition coefficient (Wildman–Crippen LogP) is 3.61. The van der Waals surface area contributed by atoms with E-state index in [0.717, 1.165) is 5.56 Å². The third-order valence-corrected chi connectivity index (χ3v) is 6.23. The smallest absolute Gasteiger partial charge is 0.405 e. The Labute approximate surface area is 233 Å². The predicted molar refractivity (Wildman–Crippen MR) is 148 cm³/mol. The van der Waals surface area contributed by atoms with Crippen LogP contribution in [0.25, 0.3) is 0 Å². The molecule has 3 atom stereocenters. The number of furan rings is 1. The summed E-state index contributed by atoms with van der Waals surface area (Å²) >= 11 is 0. The molecule has 10 heteroatoms. The van der Waals surface area contributed by atoms with Crippen molar-refractivity contribution in [3.05, 3.63) is 89.9 Å². The molecule has 1 heterocycles. The molecule has 0 fully saturated rings. The fourth-order valence-corrected chi connectivity index (χ4v) is 4.25. The molecule has 10 nitrogen and oxygen atoms in total. The minimum absolute atomic E-state index is 0.0504. The number of amides is 3. The van der Waals surface area contributed by atoms with Crippen molar-refractivity contribution in [2.75, 3.05) is 7.11 Å². The largest absolute Gasteiger partial charge is 0.497 e. The number of methoxy groups -OCH3 is 1. The van der Waals surface area contributed by atoms with E-state index in [-0.39, 0.29) is 30.3 Å². The van der Waals surface area contributed by atoms with Gasteiger partial charge in [0.05, 0.1) is 19.4 Å². The summed E-state index contributed by atoms with van der Waals surface area (Å²) in [6.45, 7) is 3.86. The normalized spacial score (nSPS) is 13.1. The lowest BCUT2D eigenvalue weighted by atomic mass is 9.97. The van der Waals surface area contributed by atoms with E-state index < -0.39 is 36.0 Å². The third kappa shape index (κ3) is 9.00. The first-order chi connectivity index (χ1) is 19.2. The highest BCUT2D eigenvalue weighted by molar-refractivity contribution is 6.01. The van der Waals surface area contributed by atoms with Crippen molar-refractivity contribution in [2.45, 2.75) is 51.2 Å². The fraction of sp³-hybridized carbons (Fsp3) is 0.333. The topological polar surface area (TPSA) is 147 Å². The van der Waals surface area contributed by atoms with Gasteiger partial charge in [-0.25, -0.2) is 4.79 Å². The average molecular weight is 550 g/mol. The van der Waals surface area contributed by atoms with Crippen molar-refractivity contribution in [3.8, 4) is 5.75 Å². The van der Waals surface area contributed by atoms with Crippen molar-refractivity contribution in [2.24, 2.45) is 5.92 Å². The van der Waals surface area contributed by atoms with E-state index in [2.05, 4.69) is 16.0 Å². The average Bonchev–Trinajstić information content (AvgIpc) is 3.47. The van der Waals surface area contributed by atoms with Gasteiger partial charge in [-0.15, -0.1) is 0 Å². The molecule has 40 heavy (non-hydrogen) atoms. The van der Waals surface area contributed by atoms with E-state index in [1.165, 1.54) is 19.4 Å². The summed E-state index contributed by atoms with van der Waals surface area (Å²) in [5.74, 6) is -0.787. The molecule has 3 aromatic rings. The van der Waals surface area contributed by atoms with E-state index in [0.29, 0.717) is 17.7 Å². The van der Waals surface area contributed by atoms with Gasteiger partial charge in [0, 0.05) is 12.8 Å². The molecule has 0 radical (unpaired) electrons. The van der Waals surface area contributed by atoms with Crippen LogP contribution in [0.5, 0.6) is 5.75 Å².